The summed E-state index contributed by atoms with van der Waals surface area (Å²) in [5.41, 5.74) is 0. The number of hydrogen-bond acceptors (Lipinski definition) is 2. The van der Waals surface area contributed by atoms with E-state index >= 15 is 0 Å². The second kappa shape index (κ2) is 4.19. The smallest absolute Gasteiger partial charge is 0.0221 e. The van der Waals surface area contributed by atoms with Crippen LogP contribution in [0.5, 0.6) is 0 Å². The first-order valence-electron chi connectivity index (χ1n) is 6.17. The van der Waals surface area contributed by atoms with Crippen molar-refractivity contribution >= 4 is 0 Å². The van der Waals surface area contributed by atoms with Gasteiger partial charge in [0.25, 0.3) is 0 Å². The molecule has 0 bridgehead atoms. The molecule has 0 aromatic heterocycles. The second-order valence-corrected chi connectivity index (χ2v) is 5.35. The Bertz CT molecular complexity index is 185. The third-order valence-electron chi connectivity index (χ3n) is 3.78. The van der Waals surface area contributed by atoms with E-state index in [4.69, 9.17) is 0 Å². The molecule has 2 aliphatic rings. The molecule has 1 saturated carbocycles. The normalized spacial score (nSPS) is 33.2. The van der Waals surface area contributed by atoms with Crippen molar-refractivity contribution in [3.63, 3.8) is 0 Å². The van der Waals surface area contributed by atoms with E-state index in [-0.39, 0.29) is 0 Å². The molecule has 0 aromatic rings. The van der Waals surface area contributed by atoms with Crippen molar-refractivity contribution < 1.29 is 0 Å². The monoisotopic (exact) mass is 196 g/mol. The average molecular weight is 196 g/mol. The average Bonchev–Trinajstić information content (AvgIpc) is 2.87. The summed E-state index contributed by atoms with van der Waals surface area (Å²) in [5, 5.41) is 3.63. The van der Waals surface area contributed by atoms with Gasteiger partial charge in [0.1, 0.15) is 0 Å². The predicted octanol–water partition coefficient (Wildman–Crippen LogP) is 1.86. The standard InChI is InChI=1S/C12H24N2/c1-9(2)14(11-4-5-11)8-12-10(3)6-7-13-12/h9-13H,4-8H2,1-3H3. The van der Waals surface area contributed by atoms with Crippen LogP contribution in [-0.2, 0) is 0 Å². The number of rotatable bonds is 4. The fourth-order valence-corrected chi connectivity index (χ4v) is 2.56. The van der Waals surface area contributed by atoms with Gasteiger partial charge in [-0.2, -0.15) is 0 Å². The molecule has 2 heteroatoms. The van der Waals surface area contributed by atoms with Gasteiger partial charge in [-0.15, -0.1) is 0 Å². The van der Waals surface area contributed by atoms with Crippen LogP contribution in [0.25, 0.3) is 0 Å². The topological polar surface area (TPSA) is 15.3 Å². The molecule has 82 valence electrons. The Balaban J connectivity index is 1.86. The highest BCUT2D eigenvalue weighted by atomic mass is 15.2. The Kier molecular flexibility index (Phi) is 3.13. The van der Waals surface area contributed by atoms with Gasteiger partial charge < -0.3 is 5.32 Å². The SMILES string of the molecule is CC1CCNC1CN(C(C)C)C1CC1. The van der Waals surface area contributed by atoms with E-state index in [1.165, 1.54) is 32.4 Å². The molecule has 1 aliphatic heterocycles. The van der Waals surface area contributed by atoms with Gasteiger partial charge in [-0.25, -0.2) is 0 Å². The number of nitrogens with one attached hydrogen (secondary N) is 1. The predicted molar refractivity (Wildman–Crippen MR) is 60.4 cm³/mol. The van der Waals surface area contributed by atoms with Crippen molar-refractivity contribution in [3.8, 4) is 0 Å². The molecular weight excluding hydrogens is 172 g/mol. The van der Waals surface area contributed by atoms with Crippen LogP contribution < -0.4 is 5.32 Å². The lowest BCUT2D eigenvalue weighted by Crippen LogP contribution is -2.44. The van der Waals surface area contributed by atoms with Crippen LogP contribution in [0.2, 0.25) is 0 Å². The first kappa shape index (κ1) is 10.4. The van der Waals surface area contributed by atoms with Crippen molar-refractivity contribution in [3.05, 3.63) is 0 Å². The molecule has 0 amide bonds. The quantitative estimate of drug-likeness (QED) is 0.738. The van der Waals surface area contributed by atoms with Gasteiger partial charge in [-0.1, -0.05) is 6.92 Å². The highest BCUT2D eigenvalue weighted by Crippen LogP contribution is 2.30. The molecular formula is C12H24N2. The largest absolute Gasteiger partial charge is 0.312 e. The van der Waals surface area contributed by atoms with E-state index in [0.29, 0.717) is 0 Å². The van der Waals surface area contributed by atoms with Crippen LogP contribution in [0.3, 0.4) is 0 Å². The summed E-state index contributed by atoms with van der Waals surface area (Å²) in [4.78, 5) is 2.69. The zero-order chi connectivity index (χ0) is 10.1. The van der Waals surface area contributed by atoms with Crippen molar-refractivity contribution in [2.75, 3.05) is 13.1 Å². The molecule has 0 aromatic carbocycles. The van der Waals surface area contributed by atoms with Gasteiger partial charge in [-0.3, -0.25) is 4.90 Å². The first-order chi connectivity index (χ1) is 6.68. The minimum atomic E-state index is 0.720. The molecule has 14 heavy (non-hydrogen) atoms. The lowest BCUT2D eigenvalue weighted by atomic mass is 10.0. The molecule has 0 spiro atoms. The molecule has 2 rings (SSSR count). The van der Waals surface area contributed by atoms with Crippen molar-refractivity contribution in [2.45, 2.75) is 58.2 Å². The van der Waals surface area contributed by atoms with Gasteiger partial charge in [0.05, 0.1) is 0 Å². The van der Waals surface area contributed by atoms with Gasteiger partial charge >= 0.3 is 0 Å². The summed E-state index contributed by atoms with van der Waals surface area (Å²) >= 11 is 0. The van der Waals surface area contributed by atoms with Crippen LogP contribution in [0.15, 0.2) is 0 Å². The Morgan fingerprint density at radius 2 is 2.00 bits per heavy atom. The zero-order valence-corrected chi connectivity index (χ0v) is 9.79. The van der Waals surface area contributed by atoms with Gasteiger partial charge in [0, 0.05) is 24.7 Å². The Hall–Kier alpha value is -0.0800. The summed E-state index contributed by atoms with van der Waals surface area (Å²) in [6.07, 6.45) is 4.22. The van der Waals surface area contributed by atoms with Crippen LogP contribution in [0, 0.1) is 5.92 Å². The first-order valence-corrected chi connectivity index (χ1v) is 6.17. The van der Waals surface area contributed by atoms with Crippen LogP contribution >= 0.6 is 0 Å². The fourth-order valence-electron chi connectivity index (χ4n) is 2.56. The Labute approximate surface area is 88.1 Å². The van der Waals surface area contributed by atoms with Crippen LogP contribution in [-0.4, -0.2) is 36.1 Å². The molecule has 1 heterocycles. The molecule has 0 radical (unpaired) electrons. The third-order valence-corrected chi connectivity index (χ3v) is 3.78. The second-order valence-electron chi connectivity index (χ2n) is 5.35. The highest BCUT2D eigenvalue weighted by Gasteiger charge is 2.34. The lowest BCUT2D eigenvalue weighted by molar-refractivity contribution is 0.182. The summed E-state index contributed by atoms with van der Waals surface area (Å²) in [5.74, 6) is 0.870. The molecule has 1 aliphatic carbocycles. The van der Waals surface area contributed by atoms with Crippen molar-refractivity contribution in [1.82, 2.24) is 10.2 Å². The summed E-state index contributed by atoms with van der Waals surface area (Å²) < 4.78 is 0. The lowest BCUT2D eigenvalue weighted by Gasteiger charge is -2.30. The van der Waals surface area contributed by atoms with Crippen LogP contribution in [0.4, 0.5) is 0 Å². The number of nitrogens with zero attached hydrogens (tertiary/aromatic N) is 1. The van der Waals surface area contributed by atoms with E-state index in [2.05, 4.69) is 31.0 Å². The minimum absolute atomic E-state index is 0.720. The molecule has 1 N–H and O–H groups in total. The molecule has 2 nitrogen and oxygen atoms in total. The maximum atomic E-state index is 3.63. The Morgan fingerprint density at radius 1 is 1.29 bits per heavy atom. The molecule has 2 atom stereocenters. The zero-order valence-electron chi connectivity index (χ0n) is 9.79. The van der Waals surface area contributed by atoms with Gasteiger partial charge in [0.15, 0.2) is 0 Å². The molecule has 2 unspecified atom stereocenters. The summed E-state index contributed by atoms with van der Waals surface area (Å²) in [6, 6.07) is 2.37. The highest BCUT2D eigenvalue weighted by molar-refractivity contribution is 4.91. The Morgan fingerprint density at radius 3 is 2.43 bits per heavy atom. The number of hydrogen-bond donors (Lipinski definition) is 1. The minimum Gasteiger partial charge on any atom is -0.312 e. The third kappa shape index (κ3) is 2.29. The van der Waals surface area contributed by atoms with Crippen molar-refractivity contribution in [1.29, 1.82) is 0 Å². The van der Waals surface area contributed by atoms with Crippen molar-refractivity contribution in [2.24, 2.45) is 5.92 Å². The molecule has 1 saturated heterocycles. The van der Waals surface area contributed by atoms with E-state index in [9.17, 15) is 0 Å². The van der Waals surface area contributed by atoms with E-state index < -0.39 is 0 Å². The molecule has 2 fully saturated rings. The fraction of sp³-hybridized carbons (Fsp3) is 1.00. The summed E-state index contributed by atoms with van der Waals surface area (Å²) in [6.45, 7) is 9.54. The van der Waals surface area contributed by atoms with Gasteiger partial charge in [-0.05, 0) is 45.6 Å². The maximum absolute atomic E-state index is 3.63. The van der Waals surface area contributed by atoms with E-state index in [0.717, 1.165) is 24.0 Å². The van der Waals surface area contributed by atoms with Crippen LogP contribution in [0.1, 0.15) is 40.0 Å². The maximum Gasteiger partial charge on any atom is 0.0221 e. The summed E-state index contributed by atoms with van der Waals surface area (Å²) in [7, 11) is 0. The van der Waals surface area contributed by atoms with E-state index in [1.807, 2.05) is 0 Å². The van der Waals surface area contributed by atoms with Gasteiger partial charge in [0.2, 0.25) is 0 Å². The van der Waals surface area contributed by atoms with E-state index in [1.54, 1.807) is 0 Å².